The maximum absolute atomic E-state index is 12.9. The number of nitrogens with zero attached hydrogens (tertiary/aromatic N) is 2. The molecule has 2 aromatic carbocycles. The summed E-state index contributed by atoms with van der Waals surface area (Å²) in [4.78, 5) is 26.5. The van der Waals surface area contributed by atoms with Gasteiger partial charge in [-0.05, 0) is 24.3 Å². The Morgan fingerprint density at radius 1 is 1.17 bits per heavy atom. The molecule has 6 heteroatoms. The summed E-state index contributed by atoms with van der Waals surface area (Å²) in [5.74, 6) is 0. The molecule has 23 heavy (non-hydrogen) atoms. The van der Waals surface area contributed by atoms with Gasteiger partial charge in [0.1, 0.15) is 0 Å². The van der Waals surface area contributed by atoms with E-state index in [2.05, 4.69) is 0 Å². The van der Waals surface area contributed by atoms with Gasteiger partial charge in [-0.3, -0.25) is 9.59 Å². The first-order chi connectivity index (χ1) is 10.9. The standard InChI is InChI=1S/C17H14ClIN2O2/c1-20(2)16-12(18)8-7-11-15(16)21(9-14(19)22)13-6-4-3-5-10(13)17(11)23/h3-8H,9H2,1-2H3. The molecule has 0 N–H and O–H groups in total. The summed E-state index contributed by atoms with van der Waals surface area (Å²) >= 11 is 8.14. The third-order valence-corrected chi connectivity index (χ3v) is 4.43. The zero-order valence-electron chi connectivity index (χ0n) is 12.6. The van der Waals surface area contributed by atoms with E-state index < -0.39 is 0 Å². The third kappa shape index (κ3) is 2.72. The first-order valence-corrected chi connectivity index (χ1v) is 8.47. The number of carbonyl (C=O) groups excluding carboxylic acids is 1. The Balaban J connectivity index is 2.64. The largest absolute Gasteiger partial charge is 0.375 e. The minimum atomic E-state index is -0.0486. The molecule has 0 atom stereocenters. The number of carbonyl (C=O) groups is 1. The smallest absolute Gasteiger partial charge is 0.211 e. The lowest BCUT2D eigenvalue weighted by Crippen LogP contribution is -2.18. The van der Waals surface area contributed by atoms with Crippen LogP contribution in [0.1, 0.15) is 0 Å². The summed E-state index contributed by atoms with van der Waals surface area (Å²) in [6, 6.07) is 10.8. The highest BCUT2D eigenvalue weighted by atomic mass is 127. The van der Waals surface area contributed by atoms with Crippen LogP contribution in [0.25, 0.3) is 21.8 Å². The van der Waals surface area contributed by atoms with Gasteiger partial charge in [0.15, 0.2) is 5.43 Å². The van der Waals surface area contributed by atoms with Gasteiger partial charge in [0.25, 0.3) is 0 Å². The molecule has 0 aliphatic carbocycles. The van der Waals surface area contributed by atoms with Crippen LogP contribution in [0.15, 0.2) is 41.2 Å². The molecule has 4 nitrogen and oxygen atoms in total. The molecule has 118 valence electrons. The second-order valence-corrected chi connectivity index (χ2v) is 7.08. The van der Waals surface area contributed by atoms with Crippen molar-refractivity contribution in [1.29, 1.82) is 0 Å². The molecule has 3 rings (SSSR count). The average Bonchev–Trinajstić information content (AvgIpc) is 2.50. The van der Waals surface area contributed by atoms with Crippen LogP contribution in [0.3, 0.4) is 0 Å². The summed E-state index contributed by atoms with van der Waals surface area (Å²) in [5, 5.41) is 1.71. The number of para-hydroxylation sites is 1. The zero-order valence-corrected chi connectivity index (χ0v) is 15.6. The summed E-state index contributed by atoms with van der Waals surface area (Å²) in [6.07, 6.45) is 0. The van der Waals surface area contributed by atoms with Crippen LogP contribution < -0.4 is 10.3 Å². The molecule has 0 unspecified atom stereocenters. The summed E-state index contributed by atoms with van der Waals surface area (Å²) in [6.45, 7) is 0.180. The molecule has 0 fully saturated rings. The SMILES string of the molecule is CN(C)c1c(Cl)ccc2c(=O)c3ccccc3n(CC(=O)I)c12. The number of rotatable bonds is 3. The normalized spacial score (nSPS) is 11.1. The molecule has 0 spiro atoms. The van der Waals surface area contributed by atoms with Gasteiger partial charge in [-0.1, -0.05) is 23.7 Å². The van der Waals surface area contributed by atoms with E-state index in [0.717, 1.165) is 11.2 Å². The number of anilines is 1. The number of pyridine rings is 1. The molecular weight excluding hydrogens is 427 g/mol. The van der Waals surface area contributed by atoms with E-state index in [-0.39, 0.29) is 15.8 Å². The van der Waals surface area contributed by atoms with Crippen LogP contribution in [0.4, 0.5) is 5.69 Å². The second kappa shape index (κ2) is 6.13. The molecule has 0 radical (unpaired) electrons. The number of hydrogen-bond donors (Lipinski definition) is 0. The minimum Gasteiger partial charge on any atom is -0.375 e. The Labute approximate surface area is 151 Å². The Kier molecular flexibility index (Phi) is 4.33. The number of benzene rings is 2. The van der Waals surface area contributed by atoms with E-state index in [1.54, 1.807) is 40.8 Å². The zero-order chi connectivity index (χ0) is 16.7. The fourth-order valence-corrected chi connectivity index (χ4v) is 3.55. The van der Waals surface area contributed by atoms with Crippen LogP contribution in [-0.2, 0) is 11.3 Å². The van der Waals surface area contributed by atoms with E-state index in [1.807, 2.05) is 41.8 Å². The predicted molar refractivity (Wildman–Crippen MR) is 104 cm³/mol. The van der Waals surface area contributed by atoms with Gasteiger partial charge in [0.2, 0.25) is 3.79 Å². The highest BCUT2D eigenvalue weighted by Crippen LogP contribution is 2.34. The Hall–Kier alpha value is -1.60. The molecule has 3 aromatic rings. The van der Waals surface area contributed by atoms with Gasteiger partial charge < -0.3 is 9.47 Å². The Morgan fingerprint density at radius 2 is 1.87 bits per heavy atom. The first kappa shape index (κ1) is 16.3. The number of hydrogen-bond acceptors (Lipinski definition) is 3. The van der Waals surface area contributed by atoms with Crippen molar-refractivity contribution < 1.29 is 4.79 Å². The quantitative estimate of drug-likeness (QED) is 0.353. The van der Waals surface area contributed by atoms with Crippen LogP contribution in [0.2, 0.25) is 5.02 Å². The third-order valence-electron chi connectivity index (χ3n) is 3.79. The molecule has 1 heterocycles. The van der Waals surface area contributed by atoms with Gasteiger partial charge in [-0.25, -0.2) is 0 Å². The molecule has 0 aliphatic heterocycles. The molecular formula is C17H14ClIN2O2. The van der Waals surface area contributed by atoms with E-state index in [4.69, 9.17) is 11.6 Å². The fourth-order valence-electron chi connectivity index (χ4n) is 2.89. The average molecular weight is 441 g/mol. The Morgan fingerprint density at radius 3 is 2.52 bits per heavy atom. The topological polar surface area (TPSA) is 42.3 Å². The van der Waals surface area contributed by atoms with Gasteiger partial charge in [0, 0.05) is 47.5 Å². The van der Waals surface area contributed by atoms with Crippen molar-refractivity contribution in [2.45, 2.75) is 6.54 Å². The molecule has 0 amide bonds. The molecule has 0 aliphatic rings. The molecule has 1 aromatic heterocycles. The first-order valence-electron chi connectivity index (χ1n) is 7.01. The van der Waals surface area contributed by atoms with E-state index in [1.165, 1.54) is 0 Å². The van der Waals surface area contributed by atoms with Crippen molar-refractivity contribution in [1.82, 2.24) is 4.57 Å². The maximum atomic E-state index is 12.9. The number of fused-ring (bicyclic) bond motifs is 2. The monoisotopic (exact) mass is 440 g/mol. The highest BCUT2D eigenvalue weighted by molar-refractivity contribution is 14.1. The summed E-state index contributed by atoms with van der Waals surface area (Å²) in [7, 11) is 3.74. The van der Waals surface area contributed by atoms with Crippen LogP contribution >= 0.6 is 34.2 Å². The maximum Gasteiger partial charge on any atom is 0.211 e. The second-order valence-electron chi connectivity index (χ2n) is 5.47. The lowest BCUT2D eigenvalue weighted by molar-refractivity contribution is -0.109. The van der Waals surface area contributed by atoms with E-state index in [0.29, 0.717) is 21.3 Å². The van der Waals surface area contributed by atoms with Gasteiger partial charge in [0.05, 0.1) is 28.3 Å². The van der Waals surface area contributed by atoms with Crippen LogP contribution in [-0.4, -0.2) is 22.5 Å². The molecule has 0 saturated heterocycles. The van der Waals surface area contributed by atoms with Gasteiger partial charge in [-0.2, -0.15) is 0 Å². The van der Waals surface area contributed by atoms with Crippen LogP contribution in [0, 0.1) is 0 Å². The fraction of sp³-hybridized carbons (Fsp3) is 0.176. The van der Waals surface area contributed by atoms with Crippen molar-refractivity contribution in [2.24, 2.45) is 0 Å². The summed E-state index contributed by atoms with van der Waals surface area (Å²) in [5.41, 5.74) is 2.12. The summed E-state index contributed by atoms with van der Waals surface area (Å²) < 4.78 is 1.87. The molecule has 0 saturated carbocycles. The van der Waals surface area contributed by atoms with E-state index >= 15 is 0 Å². The predicted octanol–water partition coefficient (Wildman–Crippen LogP) is 3.84. The van der Waals surface area contributed by atoms with Crippen molar-refractivity contribution >= 4 is 65.5 Å². The van der Waals surface area contributed by atoms with E-state index in [9.17, 15) is 9.59 Å². The number of aromatic nitrogens is 1. The Bertz CT molecular complexity index is 995. The lowest BCUT2D eigenvalue weighted by Gasteiger charge is -2.22. The van der Waals surface area contributed by atoms with Crippen molar-refractivity contribution in [3.8, 4) is 0 Å². The van der Waals surface area contributed by atoms with Gasteiger partial charge in [-0.15, -0.1) is 0 Å². The lowest BCUT2D eigenvalue weighted by atomic mass is 10.1. The van der Waals surface area contributed by atoms with Crippen LogP contribution in [0.5, 0.6) is 0 Å². The van der Waals surface area contributed by atoms with Gasteiger partial charge >= 0.3 is 0 Å². The minimum absolute atomic E-state index is 0.0117. The highest BCUT2D eigenvalue weighted by Gasteiger charge is 2.18. The van der Waals surface area contributed by atoms with Crippen molar-refractivity contribution in [3.63, 3.8) is 0 Å². The van der Waals surface area contributed by atoms with Crippen molar-refractivity contribution in [3.05, 3.63) is 51.6 Å². The molecule has 0 bridgehead atoms. The number of halogens is 2. The van der Waals surface area contributed by atoms with Crippen molar-refractivity contribution in [2.75, 3.05) is 19.0 Å².